The molecule has 0 bridgehead atoms. The Kier molecular flexibility index (Phi) is 1.30. The van der Waals surface area contributed by atoms with Crippen molar-refractivity contribution in [2.75, 3.05) is 5.53 Å². The number of nitrogens with zero attached hydrogens (tertiary/aromatic N) is 1. The Hall–Kier alpha value is -1.48. The fraction of sp³-hybridized carbons (Fsp3) is 0. The van der Waals surface area contributed by atoms with Crippen LogP contribution in [-0.2, 0) is 0 Å². The molecule has 0 aliphatic rings. The van der Waals surface area contributed by atoms with Gasteiger partial charge in [-0.05, 0) is 12.1 Å². The highest BCUT2D eigenvalue weighted by Crippen LogP contribution is 2.11. The van der Waals surface area contributed by atoms with Gasteiger partial charge in [0, 0.05) is 5.39 Å². The number of hydrogen-bond donors (Lipinski definition) is 2. The van der Waals surface area contributed by atoms with E-state index in [1.54, 1.807) is 4.68 Å². The standard InChI is InChI=1S/C8H8N3/c9-10-11-6-5-7-3-1-2-4-8(7)11/h1-5,10H,9H2. The van der Waals surface area contributed by atoms with Crippen LogP contribution in [0, 0.1) is 6.20 Å². The van der Waals surface area contributed by atoms with Crippen LogP contribution in [0.4, 0.5) is 0 Å². The monoisotopic (exact) mass is 146 g/mol. The first-order valence-corrected chi connectivity index (χ1v) is 3.36. The van der Waals surface area contributed by atoms with Gasteiger partial charge in [0.25, 0.3) is 0 Å². The summed E-state index contributed by atoms with van der Waals surface area (Å²) in [5.74, 6) is 5.24. The normalized spacial score (nSPS) is 10.3. The van der Waals surface area contributed by atoms with E-state index in [4.69, 9.17) is 5.84 Å². The molecule has 1 radical (unpaired) electrons. The number of aromatic nitrogens is 1. The van der Waals surface area contributed by atoms with E-state index in [9.17, 15) is 0 Å². The number of rotatable bonds is 1. The van der Waals surface area contributed by atoms with Crippen molar-refractivity contribution in [2.45, 2.75) is 0 Å². The predicted octanol–water partition coefficient (Wildman–Crippen LogP) is 0.859. The van der Waals surface area contributed by atoms with Crippen LogP contribution in [0.15, 0.2) is 30.3 Å². The fourth-order valence-corrected chi connectivity index (χ4v) is 1.12. The summed E-state index contributed by atoms with van der Waals surface area (Å²) in [6.45, 7) is 0. The van der Waals surface area contributed by atoms with Gasteiger partial charge in [-0.1, -0.05) is 18.2 Å². The first-order chi connectivity index (χ1) is 5.42. The number of nitrogens with one attached hydrogen (secondary N) is 1. The average Bonchev–Trinajstić information content (AvgIpc) is 2.47. The van der Waals surface area contributed by atoms with Gasteiger partial charge < -0.3 is 0 Å². The summed E-state index contributed by atoms with van der Waals surface area (Å²) in [6, 6.07) is 9.82. The molecule has 11 heavy (non-hydrogen) atoms. The second-order valence-corrected chi connectivity index (χ2v) is 2.30. The minimum Gasteiger partial charge on any atom is -0.261 e. The lowest BCUT2D eigenvalue weighted by molar-refractivity contribution is 0.915. The molecule has 3 N–H and O–H groups in total. The maximum absolute atomic E-state index is 5.24. The molecule has 0 saturated carbocycles. The van der Waals surface area contributed by atoms with E-state index in [0.717, 1.165) is 10.9 Å². The lowest BCUT2D eigenvalue weighted by Gasteiger charge is -2.00. The van der Waals surface area contributed by atoms with Gasteiger partial charge in [0.05, 0.1) is 11.7 Å². The van der Waals surface area contributed by atoms with E-state index in [-0.39, 0.29) is 0 Å². The van der Waals surface area contributed by atoms with Crippen molar-refractivity contribution in [3.8, 4) is 0 Å². The molecule has 55 valence electrons. The third-order valence-corrected chi connectivity index (χ3v) is 1.66. The highest BCUT2D eigenvalue weighted by Gasteiger charge is 1.96. The molecule has 0 saturated heterocycles. The van der Waals surface area contributed by atoms with Gasteiger partial charge in [0.1, 0.15) is 0 Å². The maximum Gasteiger partial charge on any atom is 0.0905 e. The van der Waals surface area contributed by atoms with Gasteiger partial charge in [0.2, 0.25) is 0 Å². The Morgan fingerprint density at radius 2 is 2.18 bits per heavy atom. The third-order valence-electron chi connectivity index (χ3n) is 1.66. The van der Waals surface area contributed by atoms with Crippen molar-refractivity contribution >= 4 is 10.9 Å². The van der Waals surface area contributed by atoms with Crippen molar-refractivity contribution in [3.05, 3.63) is 36.5 Å². The minimum atomic E-state index is 1.04. The van der Waals surface area contributed by atoms with Gasteiger partial charge in [-0.25, -0.2) is 10.5 Å². The summed E-state index contributed by atoms with van der Waals surface area (Å²) in [5.41, 5.74) is 3.55. The molecular formula is C8H8N3. The lowest BCUT2D eigenvalue weighted by Crippen LogP contribution is -2.20. The quantitative estimate of drug-likeness (QED) is 0.463. The SMILES string of the molecule is NNn1[c]cc2ccccc21. The first-order valence-electron chi connectivity index (χ1n) is 3.36. The molecule has 0 fully saturated rings. The largest absolute Gasteiger partial charge is 0.261 e. The molecule has 0 atom stereocenters. The number of nitrogens with two attached hydrogens (primary N) is 1. The predicted molar refractivity (Wildman–Crippen MR) is 44.3 cm³/mol. The molecule has 0 unspecified atom stereocenters. The van der Waals surface area contributed by atoms with Crippen LogP contribution in [0.5, 0.6) is 0 Å². The summed E-state index contributed by atoms with van der Waals surface area (Å²) < 4.78 is 1.65. The molecule has 1 aromatic carbocycles. The highest BCUT2D eigenvalue weighted by atomic mass is 15.5. The Balaban J connectivity index is 2.76. The van der Waals surface area contributed by atoms with Crippen molar-refractivity contribution in [1.29, 1.82) is 0 Å². The molecule has 0 aliphatic carbocycles. The Morgan fingerprint density at radius 3 is 3.00 bits per heavy atom. The fourth-order valence-electron chi connectivity index (χ4n) is 1.12. The molecular weight excluding hydrogens is 138 g/mol. The number of hydrogen-bond acceptors (Lipinski definition) is 2. The Bertz CT molecular complexity index is 364. The summed E-state index contributed by atoms with van der Waals surface area (Å²) in [4.78, 5) is 0. The van der Waals surface area contributed by atoms with Crippen molar-refractivity contribution in [3.63, 3.8) is 0 Å². The van der Waals surface area contributed by atoms with Gasteiger partial charge in [-0.3, -0.25) is 5.53 Å². The van der Waals surface area contributed by atoms with Crippen molar-refractivity contribution in [1.82, 2.24) is 4.68 Å². The number of hydrazine groups is 1. The van der Waals surface area contributed by atoms with Crippen LogP contribution in [0.3, 0.4) is 0 Å². The van der Waals surface area contributed by atoms with Crippen molar-refractivity contribution < 1.29 is 0 Å². The van der Waals surface area contributed by atoms with E-state index in [1.807, 2.05) is 30.3 Å². The zero-order chi connectivity index (χ0) is 7.68. The Labute approximate surface area is 64.4 Å². The number of benzene rings is 1. The van der Waals surface area contributed by atoms with Crippen LogP contribution in [0.1, 0.15) is 0 Å². The van der Waals surface area contributed by atoms with Crippen LogP contribution in [0.2, 0.25) is 0 Å². The zero-order valence-electron chi connectivity index (χ0n) is 5.91. The van der Waals surface area contributed by atoms with E-state index in [0.29, 0.717) is 0 Å². The maximum atomic E-state index is 5.24. The number of nitrogen functional groups attached to an aromatic ring is 1. The highest BCUT2D eigenvalue weighted by molar-refractivity contribution is 5.79. The minimum absolute atomic E-state index is 1.04. The van der Waals surface area contributed by atoms with Crippen molar-refractivity contribution in [2.24, 2.45) is 5.84 Å². The van der Waals surface area contributed by atoms with Gasteiger partial charge >= 0.3 is 0 Å². The summed E-state index contributed by atoms with van der Waals surface area (Å²) in [6.07, 6.45) is 2.94. The molecule has 3 nitrogen and oxygen atoms in total. The summed E-state index contributed by atoms with van der Waals surface area (Å²) in [5, 5.41) is 1.13. The lowest BCUT2D eigenvalue weighted by atomic mass is 10.3. The smallest absolute Gasteiger partial charge is 0.0905 e. The molecule has 0 aliphatic heterocycles. The number of para-hydroxylation sites is 1. The second-order valence-electron chi connectivity index (χ2n) is 2.30. The molecule has 0 spiro atoms. The Morgan fingerprint density at radius 1 is 1.36 bits per heavy atom. The van der Waals surface area contributed by atoms with Gasteiger partial charge in [0.15, 0.2) is 0 Å². The molecule has 2 aromatic rings. The van der Waals surface area contributed by atoms with Crippen LogP contribution in [-0.4, -0.2) is 4.68 Å². The first kappa shape index (κ1) is 6.24. The molecule has 1 aromatic heterocycles. The molecule has 3 heteroatoms. The van der Waals surface area contributed by atoms with Crippen LogP contribution in [0.25, 0.3) is 10.9 Å². The van der Waals surface area contributed by atoms with Crippen LogP contribution >= 0.6 is 0 Å². The topological polar surface area (TPSA) is 43.0 Å². The van der Waals surface area contributed by atoms with Gasteiger partial charge in [-0.15, -0.1) is 0 Å². The number of fused-ring (bicyclic) bond motifs is 1. The molecule has 1 heterocycles. The average molecular weight is 146 g/mol. The van der Waals surface area contributed by atoms with E-state index >= 15 is 0 Å². The van der Waals surface area contributed by atoms with E-state index in [1.165, 1.54) is 0 Å². The third kappa shape index (κ3) is 0.860. The zero-order valence-corrected chi connectivity index (χ0v) is 5.91. The second kappa shape index (κ2) is 2.29. The summed E-state index contributed by atoms with van der Waals surface area (Å²) in [7, 11) is 0. The molecule has 2 rings (SSSR count). The van der Waals surface area contributed by atoms with Crippen LogP contribution < -0.4 is 11.4 Å². The van der Waals surface area contributed by atoms with E-state index in [2.05, 4.69) is 11.7 Å². The molecule has 0 amide bonds. The van der Waals surface area contributed by atoms with E-state index < -0.39 is 0 Å². The summed E-state index contributed by atoms with van der Waals surface area (Å²) >= 11 is 0. The van der Waals surface area contributed by atoms with Gasteiger partial charge in [-0.2, -0.15) is 0 Å².